The summed E-state index contributed by atoms with van der Waals surface area (Å²) in [5, 5.41) is 21.0. The van der Waals surface area contributed by atoms with E-state index in [0.29, 0.717) is 0 Å². The lowest BCUT2D eigenvalue weighted by atomic mass is 9.99. The Morgan fingerprint density at radius 3 is 2.20 bits per heavy atom. The van der Waals surface area contributed by atoms with Crippen molar-refractivity contribution in [3.05, 3.63) is 87.9 Å². The van der Waals surface area contributed by atoms with Gasteiger partial charge in [-0.1, -0.05) is 17.7 Å². The van der Waals surface area contributed by atoms with Crippen LogP contribution in [0.3, 0.4) is 0 Å². The summed E-state index contributed by atoms with van der Waals surface area (Å²) in [5.74, 6) is -2.40. The third-order valence-corrected chi connectivity index (χ3v) is 5.48. The molecule has 0 unspecified atom stereocenters. The quantitative estimate of drug-likeness (QED) is 0.361. The average molecular weight is 505 g/mol. The van der Waals surface area contributed by atoms with Crippen molar-refractivity contribution < 1.29 is 33.3 Å². The Balaban J connectivity index is 1.93. The minimum absolute atomic E-state index is 0.0115. The van der Waals surface area contributed by atoms with Gasteiger partial charge in [0.2, 0.25) is 0 Å². The van der Waals surface area contributed by atoms with Crippen LogP contribution in [0.5, 0.6) is 5.75 Å². The van der Waals surface area contributed by atoms with E-state index in [-0.39, 0.29) is 65.1 Å². The molecule has 0 aliphatic heterocycles. The predicted octanol–water partition coefficient (Wildman–Crippen LogP) is 4.03. The van der Waals surface area contributed by atoms with Crippen molar-refractivity contribution in [3.63, 3.8) is 0 Å². The molecule has 3 aromatic carbocycles. The minimum atomic E-state index is -0.788. The molecule has 0 bridgehead atoms. The van der Waals surface area contributed by atoms with E-state index in [4.69, 9.17) is 16.3 Å². The fourth-order valence-electron chi connectivity index (χ4n) is 3.44. The first-order chi connectivity index (χ1) is 16.8. The Hall–Kier alpha value is -3.53. The molecule has 0 fully saturated rings. The number of hydrogen-bond acceptors (Lipinski definition) is 6. The molecule has 1 amide bonds. The lowest BCUT2D eigenvalue weighted by molar-refractivity contribution is 0.0684. The molecule has 3 N–H and O–H groups in total. The molecule has 10 heteroatoms. The molecule has 0 aliphatic rings. The zero-order valence-electron chi connectivity index (χ0n) is 18.7. The van der Waals surface area contributed by atoms with Crippen LogP contribution in [0, 0.1) is 11.6 Å². The predicted molar refractivity (Wildman–Crippen MR) is 128 cm³/mol. The molecule has 184 valence electrons. The van der Waals surface area contributed by atoms with E-state index in [1.165, 1.54) is 54.5 Å². The fraction of sp³-hybridized carbons (Fsp3) is 0.200. The van der Waals surface area contributed by atoms with Gasteiger partial charge in [-0.3, -0.25) is 9.59 Å². The van der Waals surface area contributed by atoms with Gasteiger partial charge in [0.25, 0.3) is 5.91 Å². The van der Waals surface area contributed by atoms with Gasteiger partial charge in [0, 0.05) is 29.9 Å². The Labute approximate surface area is 205 Å². The Bertz CT molecular complexity index is 1210. The molecule has 0 atom stereocenters. The number of anilines is 2. The molecule has 3 rings (SSSR count). The van der Waals surface area contributed by atoms with E-state index < -0.39 is 23.3 Å². The van der Waals surface area contributed by atoms with Crippen molar-refractivity contribution >= 4 is 34.7 Å². The van der Waals surface area contributed by atoms with Crippen molar-refractivity contribution in [2.75, 3.05) is 38.7 Å². The van der Waals surface area contributed by atoms with Crippen molar-refractivity contribution in [2.45, 2.75) is 0 Å². The summed E-state index contributed by atoms with van der Waals surface area (Å²) in [6, 6.07) is 11.9. The highest BCUT2D eigenvalue weighted by Gasteiger charge is 2.22. The number of para-hydroxylation sites is 1. The molecule has 0 spiro atoms. The van der Waals surface area contributed by atoms with E-state index in [1.807, 2.05) is 0 Å². The van der Waals surface area contributed by atoms with Gasteiger partial charge in [-0.25, -0.2) is 8.78 Å². The highest BCUT2D eigenvalue weighted by atomic mass is 35.5. The molecule has 35 heavy (non-hydrogen) atoms. The first-order valence-corrected chi connectivity index (χ1v) is 10.9. The van der Waals surface area contributed by atoms with Crippen LogP contribution in [0.2, 0.25) is 5.02 Å². The van der Waals surface area contributed by atoms with E-state index in [0.717, 1.165) is 12.1 Å². The van der Waals surface area contributed by atoms with Crippen LogP contribution in [-0.4, -0.2) is 60.2 Å². The van der Waals surface area contributed by atoms with Crippen molar-refractivity contribution in [1.29, 1.82) is 0 Å². The van der Waals surface area contributed by atoms with Crippen molar-refractivity contribution in [1.82, 2.24) is 4.90 Å². The van der Waals surface area contributed by atoms with Gasteiger partial charge in [0.15, 0.2) is 5.78 Å². The minimum Gasteiger partial charge on any atom is -0.496 e. The number of halogens is 3. The van der Waals surface area contributed by atoms with E-state index in [9.17, 15) is 28.6 Å². The highest BCUT2D eigenvalue weighted by molar-refractivity contribution is 6.35. The molecule has 0 saturated heterocycles. The number of benzene rings is 3. The number of hydrogen-bond donors (Lipinski definition) is 3. The number of amides is 1. The SMILES string of the molecule is COc1ccc(C(=O)N(CCO)CCO)cc1C(=O)c1ccc(Nc2c(F)cccc2F)cc1Cl. The third-order valence-electron chi connectivity index (χ3n) is 5.16. The summed E-state index contributed by atoms with van der Waals surface area (Å²) < 4.78 is 33.2. The first-order valence-electron chi connectivity index (χ1n) is 10.5. The number of carbonyl (C=O) groups excluding carboxylic acids is 2. The van der Waals surface area contributed by atoms with Gasteiger partial charge in [0.1, 0.15) is 23.1 Å². The second-order valence-corrected chi connectivity index (χ2v) is 7.81. The molecule has 0 saturated carbocycles. The smallest absolute Gasteiger partial charge is 0.254 e. The summed E-state index contributed by atoms with van der Waals surface area (Å²) >= 11 is 6.33. The Morgan fingerprint density at radius 1 is 0.971 bits per heavy atom. The molecular weight excluding hydrogens is 482 g/mol. The summed E-state index contributed by atoms with van der Waals surface area (Å²) in [7, 11) is 1.37. The number of nitrogens with zero attached hydrogens (tertiary/aromatic N) is 1. The average Bonchev–Trinajstić information content (AvgIpc) is 2.85. The van der Waals surface area contributed by atoms with Crippen LogP contribution < -0.4 is 10.1 Å². The summed E-state index contributed by atoms with van der Waals surface area (Å²) in [4.78, 5) is 27.4. The van der Waals surface area contributed by atoms with Gasteiger partial charge < -0.3 is 25.2 Å². The van der Waals surface area contributed by atoms with Crippen LogP contribution in [0.15, 0.2) is 54.6 Å². The number of methoxy groups -OCH3 is 1. The number of carbonyl (C=O) groups is 2. The molecule has 0 radical (unpaired) electrons. The zero-order chi connectivity index (χ0) is 25.5. The van der Waals surface area contributed by atoms with Crippen LogP contribution in [0.25, 0.3) is 0 Å². The van der Waals surface area contributed by atoms with Crippen molar-refractivity contribution in [3.8, 4) is 5.75 Å². The topological polar surface area (TPSA) is 99.1 Å². The van der Waals surface area contributed by atoms with E-state index in [2.05, 4.69) is 5.32 Å². The molecule has 3 aromatic rings. The van der Waals surface area contributed by atoms with Crippen LogP contribution in [-0.2, 0) is 0 Å². The highest BCUT2D eigenvalue weighted by Crippen LogP contribution is 2.30. The second kappa shape index (κ2) is 11.7. The summed E-state index contributed by atoms with van der Waals surface area (Å²) in [6.07, 6.45) is 0. The number of rotatable bonds is 10. The fourth-order valence-corrected chi connectivity index (χ4v) is 3.71. The molecule has 0 aromatic heterocycles. The lowest BCUT2D eigenvalue weighted by Crippen LogP contribution is -2.36. The first kappa shape index (κ1) is 26.1. The maximum absolute atomic E-state index is 13.9. The van der Waals surface area contributed by atoms with Gasteiger partial charge in [-0.05, 0) is 48.5 Å². The Morgan fingerprint density at radius 2 is 1.63 bits per heavy atom. The van der Waals surface area contributed by atoms with Gasteiger partial charge in [-0.15, -0.1) is 0 Å². The van der Waals surface area contributed by atoms with Gasteiger partial charge >= 0.3 is 0 Å². The Kier molecular flexibility index (Phi) is 8.75. The van der Waals surface area contributed by atoms with Gasteiger partial charge in [-0.2, -0.15) is 0 Å². The van der Waals surface area contributed by atoms with Crippen LogP contribution in [0.4, 0.5) is 20.2 Å². The summed E-state index contributed by atoms with van der Waals surface area (Å²) in [5.41, 5.74) is 0.201. The maximum Gasteiger partial charge on any atom is 0.254 e. The van der Waals surface area contributed by atoms with E-state index >= 15 is 0 Å². The van der Waals surface area contributed by atoms with Gasteiger partial charge in [0.05, 0.1) is 30.9 Å². The maximum atomic E-state index is 13.9. The molecule has 0 aliphatic carbocycles. The third kappa shape index (κ3) is 5.94. The van der Waals surface area contributed by atoms with E-state index in [1.54, 1.807) is 0 Å². The zero-order valence-corrected chi connectivity index (χ0v) is 19.5. The molecule has 7 nitrogen and oxygen atoms in total. The molecular formula is C25H23ClF2N2O5. The lowest BCUT2D eigenvalue weighted by Gasteiger charge is -2.21. The monoisotopic (exact) mass is 504 g/mol. The van der Waals surface area contributed by atoms with Crippen LogP contribution >= 0.6 is 11.6 Å². The molecule has 0 heterocycles. The van der Waals surface area contributed by atoms with Crippen LogP contribution in [0.1, 0.15) is 26.3 Å². The number of aliphatic hydroxyl groups excluding tert-OH is 2. The second-order valence-electron chi connectivity index (χ2n) is 7.40. The number of nitrogens with one attached hydrogen (secondary N) is 1. The standard InChI is InChI=1S/C25H23ClF2N2O5/c1-35-22-8-5-15(25(34)30(9-11-31)10-12-32)13-18(22)24(33)17-7-6-16(14-19(17)26)29-23-20(27)3-2-4-21(23)28/h2-8,13-14,29,31-32H,9-12H2,1H3. The number of ether oxygens (including phenoxy) is 1. The largest absolute Gasteiger partial charge is 0.496 e. The van der Waals surface area contributed by atoms with Crippen molar-refractivity contribution in [2.24, 2.45) is 0 Å². The number of ketones is 1. The summed E-state index contributed by atoms with van der Waals surface area (Å²) in [6.45, 7) is -0.559. The normalized spacial score (nSPS) is 10.7. The number of aliphatic hydroxyl groups is 2.